The average molecular weight is 327 g/mol. The number of aliphatic hydroxyl groups excluding tert-OH is 1. The predicted molar refractivity (Wildman–Crippen MR) is 76.9 cm³/mol. The van der Waals surface area contributed by atoms with Crippen LogP contribution in [0.4, 0.5) is 0 Å². The van der Waals surface area contributed by atoms with Gasteiger partial charge in [0.25, 0.3) is 0 Å². The highest BCUT2D eigenvalue weighted by atomic mass is 79.9. The minimum atomic E-state index is -0.527. The molecule has 1 N–H and O–H groups in total. The zero-order valence-electron chi connectivity index (χ0n) is 11.7. The molecule has 2 heterocycles. The van der Waals surface area contributed by atoms with E-state index in [0.29, 0.717) is 6.42 Å². The van der Waals surface area contributed by atoms with Gasteiger partial charge in [-0.15, -0.1) is 0 Å². The molecule has 0 aliphatic carbocycles. The standard InChI is InChI=1S/C13H19BrN4O/c1-8-10(9(2)17(3)16-8)5-6-12(19)13-11(14)7-15-18(13)4/h7,12,19H,5-6H2,1-4H3. The van der Waals surface area contributed by atoms with Crippen LogP contribution < -0.4 is 0 Å². The van der Waals surface area contributed by atoms with Crippen LogP contribution in [0.1, 0.15) is 35.2 Å². The number of rotatable bonds is 4. The molecule has 5 nitrogen and oxygen atoms in total. The lowest BCUT2D eigenvalue weighted by Crippen LogP contribution is -2.07. The van der Waals surface area contributed by atoms with Crippen LogP contribution in [0, 0.1) is 13.8 Å². The minimum absolute atomic E-state index is 0.527. The van der Waals surface area contributed by atoms with E-state index in [-0.39, 0.29) is 0 Å². The number of hydrogen-bond acceptors (Lipinski definition) is 3. The van der Waals surface area contributed by atoms with E-state index in [2.05, 4.69) is 33.1 Å². The van der Waals surface area contributed by atoms with Crippen LogP contribution in [0.2, 0.25) is 0 Å². The first-order valence-electron chi connectivity index (χ1n) is 6.26. The molecule has 0 spiro atoms. The van der Waals surface area contributed by atoms with Crippen molar-refractivity contribution in [1.82, 2.24) is 19.6 Å². The largest absolute Gasteiger partial charge is 0.387 e. The van der Waals surface area contributed by atoms with Crippen LogP contribution in [0.5, 0.6) is 0 Å². The molecule has 0 fully saturated rings. The van der Waals surface area contributed by atoms with Crippen molar-refractivity contribution in [2.45, 2.75) is 32.8 Å². The Kier molecular flexibility index (Phi) is 4.10. The van der Waals surface area contributed by atoms with Gasteiger partial charge >= 0.3 is 0 Å². The van der Waals surface area contributed by atoms with Crippen LogP contribution in [-0.2, 0) is 20.5 Å². The van der Waals surface area contributed by atoms with Crippen LogP contribution in [0.3, 0.4) is 0 Å². The van der Waals surface area contributed by atoms with Crippen molar-refractivity contribution in [3.05, 3.63) is 33.3 Å². The Morgan fingerprint density at radius 2 is 2.00 bits per heavy atom. The fourth-order valence-corrected chi connectivity index (χ4v) is 3.00. The van der Waals surface area contributed by atoms with Crippen molar-refractivity contribution < 1.29 is 5.11 Å². The molecule has 19 heavy (non-hydrogen) atoms. The minimum Gasteiger partial charge on any atom is -0.387 e. The van der Waals surface area contributed by atoms with E-state index in [0.717, 1.165) is 28.0 Å². The number of hydrogen-bond donors (Lipinski definition) is 1. The molecule has 2 rings (SSSR count). The Morgan fingerprint density at radius 3 is 2.47 bits per heavy atom. The number of aromatic nitrogens is 4. The highest BCUT2D eigenvalue weighted by Crippen LogP contribution is 2.27. The van der Waals surface area contributed by atoms with Gasteiger partial charge in [0.05, 0.1) is 28.2 Å². The molecule has 104 valence electrons. The average Bonchev–Trinajstić information content (AvgIpc) is 2.79. The highest BCUT2D eigenvalue weighted by molar-refractivity contribution is 9.10. The summed E-state index contributed by atoms with van der Waals surface area (Å²) in [5.74, 6) is 0. The molecular formula is C13H19BrN4O. The third kappa shape index (κ3) is 2.74. The monoisotopic (exact) mass is 326 g/mol. The number of aryl methyl sites for hydroxylation is 3. The maximum atomic E-state index is 10.3. The summed E-state index contributed by atoms with van der Waals surface area (Å²) in [7, 11) is 3.78. The molecule has 0 aliphatic rings. The number of aliphatic hydroxyl groups is 1. The smallest absolute Gasteiger partial charge is 0.0971 e. The Hall–Kier alpha value is -1.14. The third-order valence-electron chi connectivity index (χ3n) is 3.58. The third-order valence-corrected chi connectivity index (χ3v) is 4.19. The summed E-state index contributed by atoms with van der Waals surface area (Å²) in [5.41, 5.74) is 4.24. The second-order valence-corrected chi connectivity index (χ2v) is 5.68. The fraction of sp³-hybridized carbons (Fsp3) is 0.538. The summed E-state index contributed by atoms with van der Waals surface area (Å²) in [5, 5.41) is 18.8. The van der Waals surface area contributed by atoms with Gasteiger partial charge in [0.15, 0.2) is 0 Å². The fourth-order valence-electron chi connectivity index (χ4n) is 2.39. The van der Waals surface area contributed by atoms with Gasteiger partial charge in [-0.25, -0.2) is 0 Å². The predicted octanol–water partition coefficient (Wildman–Crippen LogP) is 2.20. The van der Waals surface area contributed by atoms with Gasteiger partial charge < -0.3 is 5.11 Å². The van der Waals surface area contributed by atoms with Crippen LogP contribution in [-0.4, -0.2) is 24.7 Å². The van der Waals surface area contributed by atoms with Gasteiger partial charge in [-0.05, 0) is 48.2 Å². The van der Waals surface area contributed by atoms with Crippen LogP contribution >= 0.6 is 15.9 Å². The topological polar surface area (TPSA) is 55.9 Å². The van der Waals surface area contributed by atoms with E-state index in [4.69, 9.17) is 0 Å². The van der Waals surface area contributed by atoms with Crippen molar-refractivity contribution >= 4 is 15.9 Å². The summed E-state index contributed by atoms with van der Waals surface area (Å²) < 4.78 is 4.44. The SMILES string of the molecule is Cc1nn(C)c(C)c1CCC(O)c1c(Br)cnn1C. The Morgan fingerprint density at radius 1 is 1.32 bits per heavy atom. The Bertz CT molecular complexity index is 568. The molecule has 0 saturated carbocycles. The lowest BCUT2D eigenvalue weighted by atomic mass is 10.0. The number of nitrogens with zero attached hydrogens (tertiary/aromatic N) is 4. The van der Waals surface area contributed by atoms with Gasteiger partial charge in [0, 0.05) is 19.8 Å². The van der Waals surface area contributed by atoms with Crippen LogP contribution in [0.25, 0.3) is 0 Å². The summed E-state index contributed by atoms with van der Waals surface area (Å²) in [6.07, 6.45) is 2.65. The van der Waals surface area contributed by atoms with Crippen molar-refractivity contribution in [3.63, 3.8) is 0 Å². The Balaban J connectivity index is 2.11. The van der Waals surface area contributed by atoms with E-state index in [9.17, 15) is 5.11 Å². The van der Waals surface area contributed by atoms with Gasteiger partial charge in [-0.3, -0.25) is 9.36 Å². The van der Waals surface area contributed by atoms with E-state index in [1.807, 2.05) is 25.7 Å². The normalized spacial score (nSPS) is 12.9. The van der Waals surface area contributed by atoms with Crippen molar-refractivity contribution in [1.29, 1.82) is 0 Å². The summed E-state index contributed by atoms with van der Waals surface area (Å²) in [4.78, 5) is 0. The van der Waals surface area contributed by atoms with Crippen molar-refractivity contribution in [2.75, 3.05) is 0 Å². The Labute approximate surface area is 121 Å². The quantitative estimate of drug-likeness (QED) is 0.937. The second kappa shape index (κ2) is 5.46. The summed E-state index contributed by atoms with van der Waals surface area (Å²) in [6.45, 7) is 4.07. The van der Waals surface area contributed by atoms with Crippen molar-refractivity contribution in [2.24, 2.45) is 14.1 Å². The molecule has 0 aromatic carbocycles. The van der Waals surface area contributed by atoms with Gasteiger partial charge in [-0.1, -0.05) is 0 Å². The van der Waals surface area contributed by atoms with E-state index < -0.39 is 6.10 Å². The maximum absolute atomic E-state index is 10.3. The van der Waals surface area contributed by atoms with E-state index >= 15 is 0 Å². The number of halogens is 1. The molecule has 0 aliphatic heterocycles. The molecule has 1 unspecified atom stereocenters. The second-order valence-electron chi connectivity index (χ2n) is 4.83. The van der Waals surface area contributed by atoms with Crippen LogP contribution in [0.15, 0.2) is 10.7 Å². The molecule has 0 amide bonds. The first-order chi connectivity index (χ1) is 8.91. The molecule has 2 aromatic rings. The maximum Gasteiger partial charge on any atom is 0.0971 e. The first-order valence-corrected chi connectivity index (χ1v) is 7.05. The molecule has 0 saturated heterocycles. The molecule has 2 aromatic heterocycles. The molecule has 0 radical (unpaired) electrons. The molecular weight excluding hydrogens is 308 g/mol. The molecule has 6 heteroatoms. The van der Waals surface area contributed by atoms with Gasteiger partial charge in [0.1, 0.15) is 0 Å². The van der Waals surface area contributed by atoms with E-state index in [1.54, 1.807) is 10.9 Å². The molecule has 1 atom stereocenters. The first kappa shape index (κ1) is 14.3. The lowest BCUT2D eigenvalue weighted by molar-refractivity contribution is 0.157. The van der Waals surface area contributed by atoms with Crippen molar-refractivity contribution in [3.8, 4) is 0 Å². The molecule has 0 bridgehead atoms. The highest BCUT2D eigenvalue weighted by Gasteiger charge is 2.18. The van der Waals surface area contributed by atoms with Gasteiger partial charge in [0.2, 0.25) is 0 Å². The summed E-state index contributed by atoms with van der Waals surface area (Å²) >= 11 is 3.42. The summed E-state index contributed by atoms with van der Waals surface area (Å²) in [6, 6.07) is 0. The lowest BCUT2D eigenvalue weighted by Gasteiger charge is -2.12. The van der Waals surface area contributed by atoms with E-state index in [1.165, 1.54) is 5.56 Å². The zero-order valence-corrected chi connectivity index (χ0v) is 13.3. The zero-order chi connectivity index (χ0) is 14.2. The van der Waals surface area contributed by atoms with Gasteiger partial charge in [-0.2, -0.15) is 10.2 Å².